The molecule has 0 aromatic heterocycles. The maximum atomic E-state index is 12.5. The van der Waals surface area contributed by atoms with E-state index in [1.807, 2.05) is 17.0 Å². The smallest absolute Gasteiger partial charge is 0.224 e. The number of hydrogen-bond acceptors (Lipinski definition) is 3. The van der Waals surface area contributed by atoms with Crippen molar-refractivity contribution in [1.29, 1.82) is 0 Å². The molecular weight excluding hydrogens is 368 g/mol. The number of carbonyl (C=O) groups is 1. The Hall–Kier alpha value is -0.620. The van der Waals surface area contributed by atoms with Crippen molar-refractivity contribution in [2.24, 2.45) is 0 Å². The standard InChI is InChI=1S/C16H23BrN2O2.ClH/c1-12(2)19(10-13-3-5-14(17)6-4-13)16(20)9-15-11-21-8-7-18-15;/h3-6,12,15,18H,7-11H2,1-2H3;1H. The summed E-state index contributed by atoms with van der Waals surface area (Å²) in [7, 11) is 0. The van der Waals surface area contributed by atoms with Crippen molar-refractivity contribution in [3.8, 4) is 0 Å². The molecule has 1 atom stereocenters. The minimum atomic E-state index is 0. The maximum Gasteiger partial charge on any atom is 0.224 e. The van der Waals surface area contributed by atoms with E-state index in [2.05, 4.69) is 47.2 Å². The molecule has 0 radical (unpaired) electrons. The summed E-state index contributed by atoms with van der Waals surface area (Å²) in [5.41, 5.74) is 1.15. The maximum absolute atomic E-state index is 12.5. The summed E-state index contributed by atoms with van der Waals surface area (Å²) in [5, 5.41) is 3.34. The highest BCUT2D eigenvalue weighted by molar-refractivity contribution is 9.10. The van der Waals surface area contributed by atoms with Gasteiger partial charge in [-0.25, -0.2) is 0 Å². The molecule has 124 valence electrons. The zero-order valence-electron chi connectivity index (χ0n) is 13.0. The summed E-state index contributed by atoms with van der Waals surface area (Å²) in [4.78, 5) is 14.5. The van der Waals surface area contributed by atoms with Gasteiger partial charge in [0.15, 0.2) is 0 Å². The second-order valence-electron chi connectivity index (χ2n) is 5.67. The van der Waals surface area contributed by atoms with E-state index in [1.165, 1.54) is 0 Å². The SMILES string of the molecule is CC(C)N(Cc1ccc(Br)cc1)C(=O)CC1COCCN1.Cl. The van der Waals surface area contributed by atoms with Crippen LogP contribution in [0.1, 0.15) is 25.8 Å². The molecule has 0 aliphatic carbocycles. The molecule has 22 heavy (non-hydrogen) atoms. The highest BCUT2D eigenvalue weighted by atomic mass is 79.9. The van der Waals surface area contributed by atoms with Gasteiger partial charge in [0.05, 0.1) is 13.2 Å². The van der Waals surface area contributed by atoms with Crippen LogP contribution in [0.3, 0.4) is 0 Å². The van der Waals surface area contributed by atoms with Gasteiger partial charge in [0, 0.05) is 36.1 Å². The summed E-state index contributed by atoms with van der Waals surface area (Å²) in [6.07, 6.45) is 0.495. The summed E-state index contributed by atoms with van der Waals surface area (Å²) in [5.74, 6) is 0.177. The summed E-state index contributed by atoms with van der Waals surface area (Å²) in [6.45, 7) is 6.94. The number of rotatable bonds is 5. The molecular formula is C16H24BrClN2O2. The Kier molecular flexibility index (Phi) is 8.39. The van der Waals surface area contributed by atoms with E-state index in [1.54, 1.807) is 0 Å². The van der Waals surface area contributed by atoms with Gasteiger partial charge in [-0.05, 0) is 31.5 Å². The van der Waals surface area contributed by atoms with Crippen LogP contribution in [0.15, 0.2) is 28.7 Å². The van der Waals surface area contributed by atoms with Crippen LogP contribution >= 0.6 is 28.3 Å². The monoisotopic (exact) mass is 390 g/mol. The first-order valence-corrected chi connectivity index (χ1v) is 8.20. The van der Waals surface area contributed by atoms with Crippen molar-refractivity contribution in [2.45, 2.75) is 38.9 Å². The Morgan fingerprint density at radius 3 is 2.64 bits per heavy atom. The largest absolute Gasteiger partial charge is 0.378 e. The second kappa shape index (κ2) is 9.50. The lowest BCUT2D eigenvalue weighted by Crippen LogP contribution is -2.46. The van der Waals surface area contributed by atoms with Gasteiger partial charge in [-0.1, -0.05) is 28.1 Å². The molecule has 1 aromatic rings. The van der Waals surface area contributed by atoms with Gasteiger partial charge in [0.2, 0.25) is 5.91 Å². The Morgan fingerprint density at radius 1 is 1.41 bits per heavy atom. The van der Waals surface area contributed by atoms with E-state index in [-0.39, 0.29) is 30.4 Å². The third-order valence-corrected chi connectivity index (χ3v) is 4.16. The van der Waals surface area contributed by atoms with Crippen molar-refractivity contribution in [3.05, 3.63) is 34.3 Å². The third kappa shape index (κ3) is 5.88. The number of carbonyl (C=O) groups excluding carboxylic acids is 1. The van der Waals surface area contributed by atoms with Crippen LogP contribution in [0, 0.1) is 0 Å². The van der Waals surface area contributed by atoms with Crippen molar-refractivity contribution >= 4 is 34.2 Å². The number of ether oxygens (including phenoxy) is 1. The number of benzene rings is 1. The van der Waals surface area contributed by atoms with E-state index >= 15 is 0 Å². The number of amides is 1. The molecule has 0 spiro atoms. The van der Waals surface area contributed by atoms with Crippen LogP contribution < -0.4 is 5.32 Å². The van der Waals surface area contributed by atoms with E-state index in [9.17, 15) is 4.79 Å². The minimum absolute atomic E-state index is 0. The normalized spacial score (nSPS) is 17.9. The molecule has 1 aliphatic rings. The average molecular weight is 392 g/mol. The van der Waals surface area contributed by atoms with Gasteiger partial charge >= 0.3 is 0 Å². The zero-order chi connectivity index (χ0) is 15.2. The van der Waals surface area contributed by atoms with Gasteiger partial charge in [-0.3, -0.25) is 4.79 Å². The number of nitrogens with one attached hydrogen (secondary N) is 1. The first-order valence-electron chi connectivity index (χ1n) is 7.41. The van der Waals surface area contributed by atoms with Gasteiger partial charge in [0.1, 0.15) is 0 Å². The summed E-state index contributed by atoms with van der Waals surface area (Å²) >= 11 is 3.43. The fourth-order valence-corrected chi connectivity index (χ4v) is 2.69. The van der Waals surface area contributed by atoms with Crippen molar-refractivity contribution in [1.82, 2.24) is 10.2 Å². The number of halogens is 2. The molecule has 1 aromatic carbocycles. The molecule has 1 aliphatic heterocycles. The van der Waals surface area contributed by atoms with Crippen LogP contribution in [0.2, 0.25) is 0 Å². The van der Waals surface area contributed by atoms with E-state index in [0.29, 0.717) is 19.6 Å². The van der Waals surface area contributed by atoms with Crippen LogP contribution in [-0.4, -0.2) is 42.6 Å². The molecule has 1 N–H and O–H groups in total. The lowest BCUT2D eigenvalue weighted by molar-refractivity contribution is -0.134. The summed E-state index contributed by atoms with van der Waals surface area (Å²) in [6, 6.07) is 8.44. The minimum Gasteiger partial charge on any atom is -0.378 e. The molecule has 0 bridgehead atoms. The van der Waals surface area contributed by atoms with Crippen LogP contribution in [-0.2, 0) is 16.1 Å². The van der Waals surface area contributed by atoms with Crippen LogP contribution in [0.4, 0.5) is 0 Å². The lowest BCUT2D eigenvalue weighted by Gasteiger charge is -2.30. The summed E-state index contributed by atoms with van der Waals surface area (Å²) < 4.78 is 6.47. The van der Waals surface area contributed by atoms with E-state index in [4.69, 9.17) is 4.74 Å². The van der Waals surface area contributed by atoms with Gasteiger partial charge in [-0.2, -0.15) is 0 Å². The Morgan fingerprint density at radius 2 is 2.09 bits per heavy atom. The Balaban J connectivity index is 0.00000242. The molecule has 1 fully saturated rings. The molecule has 1 heterocycles. The lowest BCUT2D eigenvalue weighted by atomic mass is 10.1. The first kappa shape index (κ1) is 19.4. The predicted molar refractivity (Wildman–Crippen MR) is 94.3 cm³/mol. The van der Waals surface area contributed by atoms with Gasteiger partial charge in [-0.15, -0.1) is 12.4 Å². The van der Waals surface area contributed by atoms with Gasteiger partial charge in [0.25, 0.3) is 0 Å². The number of morpholine rings is 1. The molecule has 1 unspecified atom stereocenters. The highest BCUT2D eigenvalue weighted by Gasteiger charge is 2.22. The molecule has 4 nitrogen and oxygen atoms in total. The number of nitrogens with zero attached hydrogens (tertiary/aromatic N) is 1. The molecule has 1 saturated heterocycles. The Bertz CT molecular complexity index is 462. The van der Waals surface area contributed by atoms with Crippen molar-refractivity contribution in [2.75, 3.05) is 19.8 Å². The first-order chi connectivity index (χ1) is 10.1. The second-order valence-corrected chi connectivity index (χ2v) is 6.59. The average Bonchev–Trinajstić information content (AvgIpc) is 2.47. The van der Waals surface area contributed by atoms with E-state index < -0.39 is 0 Å². The third-order valence-electron chi connectivity index (χ3n) is 3.63. The molecule has 2 rings (SSSR count). The predicted octanol–water partition coefficient (Wildman–Crippen LogP) is 2.99. The molecule has 0 saturated carbocycles. The van der Waals surface area contributed by atoms with Gasteiger partial charge < -0.3 is 15.0 Å². The van der Waals surface area contributed by atoms with E-state index in [0.717, 1.165) is 23.2 Å². The quantitative estimate of drug-likeness (QED) is 0.839. The fourth-order valence-electron chi connectivity index (χ4n) is 2.42. The molecule has 6 heteroatoms. The number of hydrogen-bond donors (Lipinski definition) is 1. The topological polar surface area (TPSA) is 41.6 Å². The fraction of sp³-hybridized carbons (Fsp3) is 0.562. The highest BCUT2D eigenvalue weighted by Crippen LogP contribution is 2.15. The Labute approximate surface area is 147 Å². The van der Waals surface area contributed by atoms with Crippen LogP contribution in [0.5, 0.6) is 0 Å². The van der Waals surface area contributed by atoms with Crippen LogP contribution in [0.25, 0.3) is 0 Å². The van der Waals surface area contributed by atoms with Crippen molar-refractivity contribution < 1.29 is 9.53 Å². The van der Waals surface area contributed by atoms with Crippen molar-refractivity contribution in [3.63, 3.8) is 0 Å². The molecule has 1 amide bonds. The zero-order valence-corrected chi connectivity index (χ0v) is 15.5.